The lowest BCUT2D eigenvalue weighted by molar-refractivity contribution is 0.102. The predicted octanol–water partition coefficient (Wildman–Crippen LogP) is 5.12. The van der Waals surface area contributed by atoms with Crippen molar-refractivity contribution in [2.45, 2.75) is 20.0 Å². The molecule has 0 atom stereocenters. The number of methoxy groups -OCH3 is 2. The second-order valence-corrected chi connectivity index (χ2v) is 7.15. The molecule has 0 aliphatic carbocycles. The molecule has 0 spiro atoms. The molecule has 0 radical (unpaired) electrons. The first-order chi connectivity index (χ1) is 15.0. The van der Waals surface area contributed by atoms with Crippen molar-refractivity contribution in [3.63, 3.8) is 0 Å². The molecular formula is C25H27FN2O3. The largest absolute Gasteiger partial charge is 0.497 e. The molecule has 0 saturated heterocycles. The van der Waals surface area contributed by atoms with Gasteiger partial charge in [0.15, 0.2) is 11.6 Å². The Morgan fingerprint density at radius 3 is 2.13 bits per heavy atom. The zero-order valence-electron chi connectivity index (χ0n) is 18.0. The Hall–Kier alpha value is -3.38. The highest BCUT2D eigenvalue weighted by molar-refractivity contribution is 6.04. The van der Waals surface area contributed by atoms with Gasteiger partial charge in [0, 0.05) is 24.3 Å². The van der Waals surface area contributed by atoms with Crippen LogP contribution in [-0.2, 0) is 13.1 Å². The lowest BCUT2D eigenvalue weighted by Crippen LogP contribution is -2.22. The Morgan fingerprint density at radius 1 is 0.903 bits per heavy atom. The van der Waals surface area contributed by atoms with E-state index >= 15 is 0 Å². The number of benzene rings is 3. The first kappa shape index (κ1) is 22.3. The molecule has 0 fully saturated rings. The van der Waals surface area contributed by atoms with Crippen LogP contribution in [0.1, 0.15) is 28.4 Å². The number of carbonyl (C=O) groups excluding carboxylic acids is 1. The summed E-state index contributed by atoms with van der Waals surface area (Å²) in [6.07, 6.45) is 0. The van der Waals surface area contributed by atoms with Gasteiger partial charge in [-0.15, -0.1) is 0 Å². The van der Waals surface area contributed by atoms with Crippen LogP contribution >= 0.6 is 0 Å². The maximum absolute atomic E-state index is 14.0. The van der Waals surface area contributed by atoms with Crippen LogP contribution < -0.4 is 14.8 Å². The van der Waals surface area contributed by atoms with Crippen molar-refractivity contribution in [3.8, 4) is 11.5 Å². The van der Waals surface area contributed by atoms with E-state index in [0.717, 1.165) is 23.4 Å². The van der Waals surface area contributed by atoms with E-state index in [-0.39, 0.29) is 17.5 Å². The minimum atomic E-state index is -0.358. The number of amides is 1. The van der Waals surface area contributed by atoms with Gasteiger partial charge >= 0.3 is 0 Å². The van der Waals surface area contributed by atoms with Crippen LogP contribution in [0.5, 0.6) is 11.5 Å². The number of hydrogen-bond acceptors (Lipinski definition) is 4. The fraction of sp³-hybridized carbons (Fsp3) is 0.240. The van der Waals surface area contributed by atoms with E-state index in [1.165, 1.54) is 13.2 Å². The highest BCUT2D eigenvalue weighted by atomic mass is 19.1. The summed E-state index contributed by atoms with van der Waals surface area (Å²) in [5.41, 5.74) is 3.26. The lowest BCUT2D eigenvalue weighted by Gasteiger charge is -2.21. The molecule has 3 aromatic rings. The molecule has 5 nitrogen and oxygen atoms in total. The van der Waals surface area contributed by atoms with E-state index in [1.54, 1.807) is 37.4 Å². The normalized spacial score (nSPS) is 10.7. The summed E-state index contributed by atoms with van der Waals surface area (Å²) in [6.45, 7) is 4.20. The van der Waals surface area contributed by atoms with Crippen LogP contribution in [0.25, 0.3) is 0 Å². The van der Waals surface area contributed by atoms with Crippen molar-refractivity contribution < 1.29 is 18.7 Å². The third-order valence-corrected chi connectivity index (χ3v) is 5.04. The molecule has 3 rings (SSSR count). The van der Waals surface area contributed by atoms with Gasteiger partial charge in [-0.3, -0.25) is 9.69 Å². The molecule has 0 aliphatic rings. The maximum Gasteiger partial charge on any atom is 0.255 e. The molecule has 0 bridgehead atoms. The van der Waals surface area contributed by atoms with Crippen LogP contribution in [0.3, 0.4) is 0 Å². The molecule has 0 heterocycles. The fourth-order valence-electron chi connectivity index (χ4n) is 3.24. The molecule has 0 aromatic heterocycles. The van der Waals surface area contributed by atoms with Gasteiger partial charge in [0.1, 0.15) is 5.75 Å². The van der Waals surface area contributed by atoms with E-state index in [2.05, 4.69) is 17.1 Å². The van der Waals surface area contributed by atoms with Gasteiger partial charge in [0.05, 0.1) is 14.2 Å². The molecule has 6 heteroatoms. The zero-order chi connectivity index (χ0) is 22.2. The van der Waals surface area contributed by atoms with Crippen LogP contribution in [-0.4, -0.2) is 31.6 Å². The molecular weight excluding hydrogens is 395 g/mol. The average molecular weight is 423 g/mol. The first-order valence-corrected chi connectivity index (χ1v) is 10.1. The maximum atomic E-state index is 14.0. The summed E-state index contributed by atoms with van der Waals surface area (Å²) < 4.78 is 24.1. The second-order valence-electron chi connectivity index (χ2n) is 7.15. The molecule has 162 valence electrons. The lowest BCUT2D eigenvalue weighted by atomic mass is 10.1. The number of halogens is 1. The molecule has 0 unspecified atom stereocenters. The monoisotopic (exact) mass is 422 g/mol. The quantitative estimate of drug-likeness (QED) is 0.520. The van der Waals surface area contributed by atoms with Crippen molar-refractivity contribution >= 4 is 11.6 Å². The van der Waals surface area contributed by atoms with Gasteiger partial charge in [-0.05, 0) is 66.2 Å². The number of ether oxygens (including phenoxy) is 2. The summed E-state index contributed by atoms with van der Waals surface area (Å²) in [5, 5.41) is 2.88. The Morgan fingerprint density at radius 2 is 1.55 bits per heavy atom. The van der Waals surface area contributed by atoms with E-state index in [0.29, 0.717) is 24.3 Å². The number of anilines is 1. The standard InChI is InChI=1S/C25H27FN2O3/c1-4-28(17-19-7-14-24(31-3)23(26)15-19)16-18-5-8-20(9-6-18)25(29)27-21-10-12-22(30-2)13-11-21/h5-15H,4,16-17H2,1-3H3,(H,27,29). The average Bonchev–Trinajstić information content (AvgIpc) is 2.79. The number of nitrogens with one attached hydrogen (secondary N) is 1. The first-order valence-electron chi connectivity index (χ1n) is 10.1. The number of rotatable bonds is 9. The minimum absolute atomic E-state index is 0.169. The van der Waals surface area contributed by atoms with Gasteiger partial charge in [0.2, 0.25) is 0 Å². The Balaban J connectivity index is 1.60. The van der Waals surface area contributed by atoms with E-state index in [1.807, 2.05) is 30.3 Å². The number of carbonyl (C=O) groups is 1. The number of hydrogen-bond donors (Lipinski definition) is 1. The van der Waals surface area contributed by atoms with E-state index in [4.69, 9.17) is 9.47 Å². The Labute approximate surface area is 182 Å². The van der Waals surface area contributed by atoms with Crippen molar-refractivity contribution in [1.82, 2.24) is 4.90 Å². The second kappa shape index (κ2) is 10.6. The van der Waals surface area contributed by atoms with Crippen LogP contribution in [0.2, 0.25) is 0 Å². The Kier molecular flexibility index (Phi) is 7.62. The van der Waals surface area contributed by atoms with Crippen LogP contribution in [0.4, 0.5) is 10.1 Å². The van der Waals surface area contributed by atoms with Gasteiger partial charge in [-0.2, -0.15) is 0 Å². The third-order valence-electron chi connectivity index (χ3n) is 5.04. The molecule has 1 amide bonds. The third kappa shape index (κ3) is 6.06. The Bertz CT molecular complexity index is 1000. The van der Waals surface area contributed by atoms with Crippen LogP contribution in [0, 0.1) is 5.82 Å². The summed E-state index contributed by atoms with van der Waals surface area (Å²) in [4.78, 5) is 14.7. The van der Waals surface area contributed by atoms with Crippen molar-refractivity contribution in [2.24, 2.45) is 0 Å². The minimum Gasteiger partial charge on any atom is -0.497 e. The van der Waals surface area contributed by atoms with Gasteiger partial charge in [-0.1, -0.05) is 25.1 Å². The van der Waals surface area contributed by atoms with Gasteiger partial charge in [-0.25, -0.2) is 4.39 Å². The van der Waals surface area contributed by atoms with Crippen molar-refractivity contribution in [1.29, 1.82) is 0 Å². The molecule has 0 saturated carbocycles. The zero-order valence-corrected chi connectivity index (χ0v) is 18.0. The fourth-order valence-corrected chi connectivity index (χ4v) is 3.24. The summed E-state index contributed by atoms with van der Waals surface area (Å²) >= 11 is 0. The van der Waals surface area contributed by atoms with E-state index < -0.39 is 0 Å². The molecule has 0 aliphatic heterocycles. The topological polar surface area (TPSA) is 50.8 Å². The predicted molar refractivity (Wildman–Crippen MR) is 120 cm³/mol. The van der Waals surface area contributed by atoms with Crippen molar-refractivity contribution in [3.05, 3.63) is 89.2 Å². The molecule has 3 aromatic carbocycles. The summed E-state index contributed by atoms with van der Waals surface area (Å²) in [5.74, 6) is 0.455. The number of nitrogens with zero attached hydrogens (tertiary/aromatic N) is 1. The van der Waals surface area contributed by atoms with E-state index in [9.17, 15) is 9.18 Å². The highest BCUT2D eigenvalue weighted by Crippen LogP contribution is 2.20. The molecule has 31 heavy (non-hydrogen) atoms. The van der Waals surface area contributed by atoms with Gasteiger partial charge < -0.3 is 14.8 Å². The SMILES string of the molecule is CCN(Cc1ccc(C(=O)Nc2ccc(OC)cc2)cc1)Cc1ccc(OC)c(F)c1. The van der Waals surface area contributed by atoms with Gasteiger partial charge in [0.25, 0.3) is 5.91 Å². The molecule has 1 N–H and O–H groups in total. The van der Waals surface area contributed by atoms with Crippen molar-refractivity contribution in [2.75, 3.05) is 26.1 Å². The summed E-state index contributed by atoms with van der Waals surface area (Å²) in [6, 6.07) is 19.7. The van der Waals surface area contributed by atoms with Crippen LogP contribution in [0.15, 0.2) is 66.7 Å². The highest BCUT2D eigenvalue weighted by Gasteiger charge is 2.10. The smallest absolute Gasteiger partial charge is 0.255 e. The summed E-state index contributed by atoms with van der Waals surface area (Å²) in [7, 11) is 3.06.